The van der Waals surface area contributed by atoms with E-state index in [0.29, 0.717) is 43.2 Å². The van der Waals surface area contributed by atoms with Crippen molar-refractivity contribution in [3.8, 4) is 5.75 Å². The summed E-state index contributed by atoms with van der Waals surface area (Å²) in [6, 6.07) is 19.1. The van der Waals surface area contributed by atoms with Crippen LogP contribution >= 0.6 is 0 Å². The minimum atomic E-state index is -3.60. The molecule has 216 valence electrons. The van der Waals surface area contributed by atoms with Crippen LogP contribution < -0.4 is 14.8 Å². The minimum absolute atomic E-state index is 0.00360. The Morgan fingerprint density at radius 2 is 1.75 bits per heavy atom. The fourth-order valence-corrected chi connectivity index (χ4v) is 7.58. The van der Waals surface area contributed by atoms with Crippen molar-refractivity contribution >= 4 is 30.8 Å². The Labute approximate surface area is 235 Å². The van der Waals surface area contributed by atoms with Crippen molar-refractivity contribution in [2.75, 3.05) is 39.9 Å². The molecule has 5 rings (SSSR count). The Bertz CT molecular complexity index is 1550. The van der Waals surface area contributed by atoms with Gasteiger partial charge in [0.25, 0.3) is 0 Å². The summed E-state index contributed by atoms with van der Waals surface area (Å²) in [7, 11) is -5.84. The molecule has 0 amide bonds. The molecule has 3 aromatic carbocycles. The molecule has 10 nitrogen and oxygen atoms in total. The number of benzene rings is 3. The first-order valence-corrected chi connectivity index (χ1v) is 16.2. The van der Waals surface area contributed by atoms with Crippen molar-refractivity contribution < 1.29 is 31.4 Å². The third kappa shape index (κ3) is 6.33. The van der Waals surface area contributed by atoms with E-state index in [2.05, 4.69) is 10.0 Å². The molecule has 2 heterocycles. The number of aliphatic hydroxyl groups excluding tert-OH is 1. The van der Waals surface area contributed by atoms with Gasteiger partial charge in [-0.05, 0) is 61.3 Å². The number of fused-ring (bicyclic) bond motifs is 1. The highest BCUT2D eigenvalue weighted by molar-refractivity contribution is 7.89. The average molecular weight is 590 g/mol. The SMILES string of the molecule is CNS(=O)(=O)c1cccc(OCC(O)CN[C@H]2COC3(CCN(S(=O)(=O)c4ccc5ccccc5c4)CC3)C2)c1. The average Bonchev–Trinajstić information content (AvgIpc) is 3.37. The van der Waals surface area contributed by atoms with Gasteiger partial charge < -0.3 is 19.9 Å². The van der Waals surface area contributed by atoms with Gasteiger partial charge in [0, 0.05) is 31.7 Å². The number of rotatable bonds is 10. The molecule has 0 saturated carbocycles. The molecule has 2 aliphatic rings. The van der Waals surface area contributed by atoms with Crippen LogP contribution in [0.2, 0.25) is 0 Å². The number of hydrogen-bond donors (Lipinski definition) is 3. The fraction of sp³-hybridized carbons (Fsp3) is 0.429. The predicted molar refractivity (Wildman–Crippen MR) is 151 cm³/mol. The Kier molecular flexibility index (Phi) is 8.48. The number of nitrogens with zero attached hydrogens (tertiary/aromatic N) is 1. The second-order valence-corrected chi connectivity index (χ2v) is 14.2. The molecule has 0 bridgehead atoms. The van der Waals surface area contributed by atoms with E-state index in [1.165, 1.54) is 19.2 Å². The first-order chi connectivity index (χ1) is 19.1. The van der Waals surface area contributed by atoms with Crippen molar-refractivity contribution in [3.05, 3.63) is 66.7 Å². The number of nitrogens with one attached hydrogen (secondary N) is 2. The molecule has 0 radical (unpaired) electrons. The van der Waals surface area contributed by atoms with Crippen LogP contribution in [0.5, 0.6) is 5.75 Å². The topological polar surface area (TPSA) is 134 Å². The van der Waals surface area contributed by atoms with Crippen LogP contribution in [0.15, 0.2) is 76.5 Å². The smallest absolute Gasteiger partial charge is 0.243 e. The van der Waals surface area contributed by atoms with Crippen molar-refractivity contribution in [3.63, 3.8) is 0 Å². The number of piperidine rings is 1. The number of ether oxygens (including phenoxy) is 2. The van der Waals surface area contributed by atoms with Crippen molar-refractivity contribution in [1.29, 1.82) is 0 Å². The van der Waals surface area contributed by atoms with Gasteiger partial charge in [0.2, 0.25) is 20.0 Å². The maximum atomic E-state index is 13.3. The highest BCUT2D eigenvalue weighted by Crippen LogP contribution is 2.37. The minimum Gasteiger partial charge on any atom is -0.491 e. The van der Waals surface area contributed by atoms with E-state index in [1.807, 2.05) is 30.3 Å². The van der Waals surface area contributed by atoms with E-state index in [4.69, 9.17) is 9.47 Å². The van der Waals surface area contributed by atoms with Crippen LogP contribution in [-0.4, -0.2) is 83.9 Å². The Balaban J connectivity index is 1.09. The zero-order valence-corrected chi connectivity index (χ0v) is 24.0. The molecule has 1 unspecified atom stereocenters. The molecule has 2 fully saturated rings. The van der Waals surface area contributed by atoms with Gasteiger partial charge in [-0.1, -0.05) is 36.4 Å². The van der Waals surface area contributed by atoms with E-state index >= 15 is 0 Å². The first-order valence-electron chi connectivity index (χ1n) is 13.3. The van der Waals surface area contributed by atoms with Crippen LogP contribution in [0, 0.1) is 0 Å². The summed E-state index contributed by atoms with van der Waals surface area (Å²) in [6.07, 6.45) is 1.13. The van der Waals surface area contributed by atoms with Crippen molar-refractivity contribution in [2.45, 2.75) is 46.8 Å². The summed E-state index contributed by atoms with van der Waals surface area (Å²) in [5, 5.41) is 15.6. The van der Waals surface area contributed by atoms with Crippen LogP contribution in [0.25, 0.3) is 10.8 Å². The van der Waals surface area contributed by atoms with E-state index in [1.54, 1.807) is 28.6 Å². The summed E-state index contributed by atoms with van der Waals surface area (Å²) in [5.41, 5.74) is -0.381. The molecular weight excluding hydrogens is 554 g/mol. The van der Waals surface area contributed by atoms with E-state index in [-0.39, 0.29) is 29.7 Å². The number of hydrogen-bond acceptors (Lipinski definition) is 8. The molecule has 40 heavy (non-hydrogen) atoms. The lowest BCUT2D eigenvalue weighted by Gasteiger charge is -2.38. The van der Waals surface area contributed by atoms with Crippen LogP contribution in [0.1, 0.15) is 19.3 Å². The molecule has 0 aliphatic carbocycles. The lowest BCUT2D eigenvalue weighted by molar-refractivity contribution is -0.0312. The summed E-state index contributed by atoms with van der Waals surface area (Å²) in [4.78, 5) is 0.394. The second-order valence-electron chi connectivity index (χ2n) is 10.4. The lowest BCUT2D eigenvalue weighted by Crippen LogP contribution is -2.47. The van der Waals surface area contributed by atoms with E-state index in [9.17, 15) is 21.9 Å². The number of aliphatic hydroxyl groups is 1. The van der Waals surface area contributed by atoms with Gasteiger partial charge in [0.1, 0.15) is 18.5 Å². The molecule has 2 saturated heterocycles. The van der Waals surface area contributed by atoms with Gasteiger partial charge in [-0.15, -0.1) is 0 Å². The summed E-state index contributed by atoms with van der Waals surface area (Å²) < 4.78 is 66.2. The molecular formula is C28H35N3O7S2. The monoisotopic (exact) mass is 589 g/mol. The van der Waals surface area contributed by atoms with Gasteiger partial charge in [0.05, 0.1) is 22.0 Å². The molecule has 2 atom stereocenters. The lowest BCUT2D eigenvalue weighted by atomic mass is 9.88. The Hall–Kier alpha value is -2.58. The maximum Gasteiger partial charge on any atom is 0.243 e. The zero-order valence-electron chi connectivity index (χ0n) is 22.3. The highest BCUT2D eigenvalue weighted by Gasteiger charge is 2.44. The maximum absolute atomic E-state index is 13.3. The third-order valence-corrected chi connectivity index (χ3v) is 11.0. The summed E-state index contributed by atoms with van der Waals surface area (Å²) >= 11 is 0. The third-order valence-electron chi connectivity index (χ3n) is 7.67. The Morgan fingerprint density at radius 3 is 2.50 bits per heavy atom. The molecule has 3 aromatic rings. The van der Waals surface area contributed by atoms with Gasteiger partial charge in [-0.25, -0.2) is 21.6 Å². The molecule has 3 N–H and O–H groups in total. The zero-order chi connectivity index (χ0) is 28.4. The van der Waals surface area contributed by atoms with Gasteiger partial charge in [-0.3, -0.25) is 0 Å². The quantitative estimate of drug-likeness (QED) is 0.327. The highest BCUT2D eigenvalue weighted by atomic mass is 32.2. The van der Waals surface area contributed by atoms with Crippen molar-refractivity contribution in [1.82, 2.24) is 14.3 Å². The fourth-order valence-electron chi connectivity index (χ4n) is 5.34. The second kappa shape index (κ2) is 11.7. The predicted octanol–water partition coefficient (Wildman–Crippen LogP) is 2.09. The Morgan fingerprint density at radius 1 is 1.00 bits per heavy atom. The normalized spacial score (nSPS) is 20.6. The van der Waals surface area contributed by atoms with Crippen molar-refractivity contribution in [2.24, 2.45) is 0 Å². The van der Waals surface area contributed by atoms with Crippen LogP contribution in [0.4, 0.5) is 0 Å². The molecule has 12 heteroatoms. The number of sulfonamides is 2. The van der Waals surface area contributed by atoms with Crippen LogP contribution in [0.3, 0.4) is 0 Å². The van der Waals surface area contributed by atoms with E-state index in [0.717, 1.165) is 17.2 Å². The largest absolute Gasteiger partial charge is 0.491 e. The summed E-state index contributed by atoms with van der Waals surface area (Å²) in [6.45, 7) is 1.54. The van der Waals surface area contributed by atoms with Gasteiger partial charge in [-0.2, -0.15) is 4.31 Å². The summed E-state index contributed by atoms with van der Waals surface area (Å²) in [5.74, 6) is 0.351. The molecule has 1 spiro atoms. The van der Waals surface area contributed by atoms with E-state index < -0.39 is 26.2 Å². The molecule has 2 aliphatic heterocycles. The van der Waals surface area contributed by atoms with Gasteiger partial charge >= 0.3 is 0 Å². The molecule has 0 aromatic heterocycles. The van der Waals surface area contributed by atoms with Gasteiger partial charge in [0.15, 0.2) is 0 Å². The standard InChI is InChI=1S/C28H35N3O7S2/c1-29-39(33,34)26-8-4-7-25(16-26)37-20-24(32)18-30-23-17-28(38-19-23)11-13-31(14-12-28)40(35,36)27-10-9-21-5-2-3-6-22(21)15-27/h2-10,15-16,23-24,29-30,32H,11-14,17-20H2,1H3/t23-,24?/m1/s1. The first kappa shape index (κ1) is 28.9. The van der Waals surface area contributed by atoms with Crippen LogP contribution in [-0.2, 0) is 24.8 Å².